The lowest BCUT2D eigenvalue weighted by atomic mass is 10.1. The van der Waals surface area contributed by atoms with E-state index in [1.165, 1.54) is 12.1 Å². The molecule has 4 atom stereocenters. The van der Waals surface area contributed by atoms with Crippen LogP contribution in [0, 0.1) is 11.6 Å². The van der Waals surface area contributed by atoms with E-state index >= 15 is 0 Å². The van der Waals surface area contributed by atoms with E-state index in [9.17, 15) is 13.6 Å². The molecular weight excluding hydrogens is 530 g/mol. The average molecular weight is 577 g/mol. The quantitative estimate of drug-likeness (QED) is 0.502. The molecule has 8 nitrogen and oxygen atoms in total. The molecule has 0 bridgehead atoms. The Balaban J connectivity index is 0.000000221. The van der Waals surface area contributed by atoms with E-state index in [1.54, 1.807) is 6.92 Å². The maximum atomic E-state index is 13.8. The van der Waals surface area contributed by atoms with Crippen LogP contribution in [-0.4, -0.2) is 63.2 Å². The summed E-state index contributed by atoms with van der Waals surface area (Å²) in [5, 5.41) is 2.86. The van der Waals surface area contributed by atoms with Gasteiger partial charge < -0.3 is 35.1 Å². The van der Waals surface area contributed by atoms with Crippen molar-refractivity contribution in [3.8, 4) is 11.5 Å². The molecule has 3 N–H and O–H groups in total. The van der Waals surface area contributed by atoms with Gasteiger partial charge in [0, 0.05) is 67.6 Å². The molecule has 2 unspecified atom stereocenters. The first-order chi connectivity index (χ1) is 18.7. The molecule has 228 valence electrons. The third-order valence-corrected chi connectivity index (χ3v) is 7.69. The van der Waals surface area contributed by atoms with E-state index in [0.717, 1.165) is 67.8 Å². The summed E-state index contributed by atoms with van der Waals surface area (Å²) >= 11 is 0. The van der Waals surface area contributed by atoms with Gasteiger partial charge >= 0.3 is 6.09 Å². The number of benzene rings is 2. The van der Waals surface area contributed by atoms with Gasteiger partial charge in [0.1, 0.15) is 12.2 Å². The van der Waals surface area contributed by atoms with Crippen LogP contribution in [-0.2, 0) is 17.6 Å². The Morgan fingerprint density at radius 1 is 0.927 bits per heavy atom. The molecule has 2 fully saturated rings. The highest BCUT2D eigenvalue weighted by Crippen LogP contribution is 2.40. The second kappa shape index (κ2) is 13.6. The minimum atomic E-state index is -0.379. The summed E-state index contributed by atoms with van der Waals surface area (Å²) in [6, 6.07) is 6.90. The fourth-order valence-electron chi connectivity index (χ4n) is 5.92. The maximum absolute atomic E-state index is 13.8. The Morgan fingerprint density at radius 2 is 1.44 bits per heavy atom. The number of nitrogens with one attached hydrogen (secondary N) is 1. The Bertz CT molecular complexity index is 1210. The minimum absolute atomic E-state index is 0. The van der Waals surface area contributed by atoms with Gasteiger partial charge in [-0.25, -0.2) is 13.6 Å². The second-order valence-electron chi connectivity index (χ2n) is 10.8. The van der Waals surface area contributed by atoms with Gasteiger partial charge in [-0.15, -0.1) is 0 Å². The zero-order valence-electron chi connectivity index (χ0n) is 22.8. The highest BCUT2D eigenvalue weighted by molar-refractivity contribution is 5.68. The lowest BCUT2D eigenvalue weighted by Gasteiger charge is -2.21. The highest BCUT2D eigenvalue weighted by atomic mass is 19.1. The van der Waals surface area contributed by atoms with Crippen LogP contribution >= 0.6 is 0 Å². The number of halogens is 2. The van der Waals surface area contributed by atoms with E-state index in [1.807, 2.05) is 26.0 Å². The first-order valence-corrected chi connectivity index (χ1v) is 13.9. The van der Waals surface area contributed by atoms with Gasteiger partial charge in [0.05, 0.1) is 12.6 Å². The molecule has 0 spiro atoms. The van der Waals surface area contributed by atoms with Gasteiger partial charge in [-0.2, -0.15) is 0 Å². The number of carbonyl (C=O) groups is 1. The van der Waals surface area contributed by atoms with Crippen LogP contribution < -0.4 is 30.3 Å². The number of rotatable bonds is 4. The van der Waals surface area contributed by atoms with Crippen molar-refractivity contribution < 1.29 is 27.8 Å². The molecule has 0 saturated carbocycles. The minimum Gasteiger partial charge on any atom is -0.487 e. The molecule has 2 saturated heterocycles. The van der Waals surface area contributed by atoms with E-state index in [4.69, 9.17) is 19.9 Å². The maximum Gasteiger partial charge on any atom is 0.407 e. The SMILES string of the molecule is C.C.CC1Cc2c(N3CC[C@H](N)C3)ccc(F)c2O1.CCOC(=O)N[C@H]1CCN(c2ccc(F)c3c2CC(C)O3)C1. The van der Waals surface area contributed by atoms with Gasteiger partial charge in [-0.1, -0.05) is 14.9 Å². The molecule has 2 aromatic rings. The van der Waals surface area contributed by atoms with Gasteiger partial charge in [-0.3, -0.25) is 0 Å². The molecular formula is C31H46F2N4O4. The number of ether oxygens (including phenoxy) is 3. The highest BCUT2D eigenvalue weighted by Gasteiger charge is 2.32. The van der Waals surface area contributed by atoms with Crippen LogP contribution in [0.4, 0.5) is 25.0 Å². The third-order valence-electron chi connectivity index (χ3n) is 7.69. The number of fused-ring (bicyclic) bond motifs is 2. The van der Waals surface area contributed by atoms with Crippen molar-refractivity contribution in [2.45, 2.75) is 85.6 Å². The molecule has 41 heavy (non-hydrogen) atoms. The lowest BCUT2D eigenvalue weighted by Crippen LogP contribution is -2.37. The summed E-state index contributed by atoms with van der Waals surface area (Å²) in [4.78, 5) is 15.9. The molecule has 4 aliphatic heterocycles. The summed E-state index contributed by atoms with van der Waals surface area (Å²) in [5.41, 5.74) is 9.96. The van der Waals surface area contributed by atoms with Crippen molar-refractivity contribution in [2.24, 2.45) is 5.73 Å². The largest absolute Gasteiger partial charge is 0.487 e. The fourth-order valence-corrected chi connectivity index (χ4v) is 5.92. The Hall–Kier alpha value is -3.27. The predicted octanol–water partition coefficient (Wildman–Crippen LogP) is 5.43. The number of nitrogens with zero attached hydrogens (tertiary/aromatic N) is 2. The van der Waals surface area contributed by atoms with E-state index in [-0.39, 0.29) is 56.9 Å². The first-order valence-electron chi connectivity index (χ1n) is 13.9. The number of nitrogens with two attached hydrogens (primary N) is 1. The smallest absolute Gasteiger partial charge is 0.407 e. The van der Waals surface area contributed by atoms with Crippen LogP contribution in [0.5, 0.6) is 11.5 Å². The van der Waals surface area contributed by atoms with Gasteiger partial charge in [0.25, 0.3) is 0 Å². The number of hydrogen-bond donors (Lipinski definition) is 2. The standard InChI is InChI=1S/C16H21FN2O3.C13H17FN2O.2CH4/c1-3-21-16(20)18-11-6-7-19(9-11)14-5-4-13(17)15-12(14)8-10(2)22-15;1-8-6-10-12(16-5-4-9(15)7-16)3-2-11(14)13(10)17-8;;/h4-5,10-11H,3,6-9H2,1-2H3,(H,18,20);2-3,8-9H,4-7,15H2,1H3;2*1H4/t10?,11-;8?,9-;;/m00../s1. The molecule has 2 aromatic carbocycles. The number of carbonyl (C=O) groups excluding carboxylic acids is 1. The predicted molar refractivity (Wildman–Crippen MR) is 159 cm³/mol. The summed E-state index contributed by atoms with van der Waals surface area (Å²) < 4.78 is 43.5. The van der Waals surface area contributed by atoms with Crippen LogP contribution in [0.2, 0.25) is 0 Å². The average Bonchev–Trinajstić information content (AvgIpc) is 3.68. The second-order valence-corrected chi connectivity index (χ2v) is 10.8. The molecule has 4 heterocycles. The van der Waals surface area contributed by atoms with Crippen molar-refractivity contribution >= 4 is 17.5 Å². The normalized spacial score (nSPS) is 23.7. The van der Waals surface area contributed by atoms with Crippen LogP contribution in [0.25, 0.3) is 0 Å². The summed E-state index contributed by atoms with van der Waals surface area (Å²) in [5.74, 6) is 0.266. The number of amides is 1. The Kier molecular flexibility index (Phi) is 10.7. The van der Waals surface area contributed by atoms with E-state index in [2.05, 4.69) is 15.1 Å². The Morgan fingerprint density at radius 3 is 1.93 bits per heavy atom. The first kappa shape index (κ1) is 32.2. The lowest BCUT2D eigenvalue weighted by molar-refractivity contribution is 0.149. The van der Waals surface area contributed by atoms with Crippen molar-refractivity contribution in [3.05, 3.63) is 47.0 Å². The van der Waals surface area contributed by atoms with Crippen molar-refractivity contribution in [1.29, 1.82) is 0 Å². The van der Waals surface area contributed by atoms with Gasteiger partial charge in [-0.05, 0) is 57.9 Å². The Labute approximate surface area is 243 Å². The van der Waals surface area contributed by atoms with E-state index in [0.29, 0.717) is 24.7 Å². The molecule has 10 heteroatoms. The molecule has 0 aliphatic carbocycles. The zero-order chi connectivity index (χ0) is 27.7. The summed E-state index contributed by atoms with van der Waals surface area (Å²) in [7, 11) is 0. The van der Waals surface area contributed by atoms with Crippen molar-refractivity contribution in [1.82, 2.24) is 5.32 Å². The van der Waals surface area contributed by atoms with Gasteiger partial charge in [0.15, 0.2) is 23.1 Å². The molecule has 4 aliphatic rings. The summed E-state index contributed by atoms with van der Waals surface area (Å²) in [6.07, 6.45) is 3.04. The third kappa shape index (κ3) is 6.97. The monoisotopic (exact) mass is 576 g/mol. The molecule has 6 rings (SSSR count). The molecule has 0 aromatic heterocycles. The fraction of sp³-hybridized carbons (Fsp3) is 0.581. The van der Waals surface area contributed by atoms with Crippen molar-refractivity contribution in [3.63, 3.8) is 0 Å². The van der Waals surface area contributed by atoms with Crippen LogP contribution in [0.3, 0.4) is 0 Å². The van der Waals surface area contributed by atoms with Crippen LogP contribution in [0.15, 0.2) is 24.3 Å². The summed E-state index contributed by atoms with van der Waals surface area (Å²) in [6.45, 7) is 9.39. The number of anilines is 2. The molecule has 0 radical (unpaired) electrons. The number of alkyl carbamates (subject to hydrolysis) is 1. The van der Waals surface area contributed by atoms with Gasteiger partial charge in [0.2, 0.25) is 0 Å². The number of hydrogen-bond acceptors (Lipinski definition) is 7. The van der Waals surface area contributed by atoms with Crippen molar-refractivity contribution in [2.75, 3.05) is 42.6 Å². The molecule has 1 amide bonds. The topological polar surface area (TPSA) is 89.3 Å². The zero-order valence-corrected chi connectivity index (χ0v) is 22.8. The van der Waals surface area contributed by atoms with Crippen LogP contribution in [0.1, 0.15) is 59.6 Å². The van der Waals surface area contributed by atoms with E-state index < -0.39 is 0 Å².